The predicted octanol–water partition coefficient (Wildman–Crippen LogP) is 3.25. The highest BCUT2D eigenvalue weighted by molar-refractivity contribution is 5.95. The quantitative estimate of drug-likeness (QED) is 0.781. The number of amides is 1. The Labute approximate surface area is 175 Å². The maximum Gasteiger partial charge on any atom is 0.254 e. The zero-order chi connectivity index (χ0) is 19.8. The summed E-state index contributed by atoms with van der Waals surface area (Å²) in [6, 6.07) is 9.13. The first-order valence-electron chi connectivity index (χ1n) is 11.7. The number of piperidine rings is 3. The molecule has 1 aromatic carbocycles. The van der Waals surface area contributed by atoms with Crippen molar-refractivity contribution in [1.29, 1.82) is 0 Å². The molecule has 2 atom stereocenters. The molecule has 0 radical (unpaired) electrons. The van der Waals surface area contributed by atoms with E-state index in [-0.39, 0.29) is 12.0 Å². The molecule has 158 valence electrons. The van der Waals surface area contributed by atoms with Crippen molar-refractivity contribution in [1.82, 2.24) is 14.7 Å². The van der Waals surface area contributed by atoms with Crippen LogP contribution >= 0.6 is 0 Å². The minimum atomic E-state index is 0.194. The SMILES string of the molecule is CN1CCC(N2CCC(Oc3cccc(C(=O)N4C[C@H]5CC[C@H]4C5)c3)CC2)CC1. The van der Waals surface area contributed by atoms with Crippen LogP contribution in [0.2, 0.25) is 0 Å². The Bertz CT molecular complexity index is 723. The molecule has 0 aromatic heterocycles. The molecule has 4 aliphatic rings. The number of hydrogen-bond donors (Lipinski definition) is 0. The maximum atomic E-state index is 13.0. The molecule has 29 heavy (non-hydrogen) atoms. The molecule has 5 nitrogen and oxygen atoms in total. The third-order valence-electron chi connectivity index (χ3n) is 7.73. The van der Waals surface area contributed by atoms with Gasteiger partial charge in [-0.25, -0.2) is 0 Å². The van der Waals surface area contributed by atoms with E-state index in [0.29, 0.717) is 6.04 Å². The summed E-state index contributed by atoms with van der Waals surface area (Å²) >= 11 is 0. The van der Waals surface area contributed by atoms with Crippen molar-refractivity contribution >= 4 is 5.91 Å². The van der Waals surface area contributed by atoms with Gasteiger partial charge in [-0.05, 0) is 89.2 Å². The normalized spacial score (nSPS) is 29.5. The summed E-state index contributed by atoms with van der Waals surface area (Å²) in [5, 5.41) is 0. The van der Waals surface area contributed by atoms with Crippen LogP contribution in [0.3, 0.4) is 0 Å². The second-order valence-electron chi connectivity index (χ2n) is 9.71. The first-order chi connectivity index (χ1) is 14.2. The standard InChI is InChI=1S/C24H35N3O2/c1-25-11-7-20(8-12-25)26-13-9-22(10-14-26)29-23-4-2-3-19(16-23)24(28)27-17-18-5-6-21(27)15-18/h2-4,16,18,20-22H,5-15,17H2,1H3/t18-,21-/m0/s1. The number of benzene rings is 1. The van der Waals surface area contributed by atoms with Crippen molar-refractivity contribution in [3.63, 3.8) is 0 Å². The van der Waals surface area contributed by atoms with Gasteiger partial charge in [-0.1, -0.05) is 6.07 Å². The average molecular weight is 398 g/mol. The van der Waals surface area contributed by atoms with Crippen LogP contribution in [-0.2, 0) is 0 Å². The van der Waals surface area contributed by atoms with Gasteiger partial charge in [0.25, 0.3) is 5.91 Å². The van der Waals surface area contributed by atoms with Gasteiger partial charge in [0, 0.05) is 37.3 Å². The van der Waals surface area contributed by atoms with E-state index >= 15 is 0 Å². The zero-order valence-corrected chi connectivity index (χ0v) is 17.8. The Morgan fingerprint density at radius 2 is 1.76 bits per heavy atom. The molecule has 4 fully saturated rings. The van der Waals surface area contributed by atoms with Crippen molar-refractivity contribution in [3.8, 4) is 5.75 Å². The molecule has 3 aliphatic heterocycles. The van der Waals surface area contributed by atoms with E-state index in [9.17, 15) is 4.79 Å². The van der Waals surface area contributed by atoms with Gasteiger partial charge in [0.05, 0.1) is 0 Å². The van der Waals surface area contributed by atoms with Crippen LogP contribution < -0.4 is 4.74 Å². The van der Waals surface area contributed by atoms with Crippen molar-refractivity contribution in [3.05, 3.63) is 29.8 Å². The van der Waals surface area contributed by atoms with Crippen molar-refractivity contribution in [2.24, 2.45) is 5.92 Å². The van der Waals surface area contributed by atoms with Crippen LogP contribution in [0.5, 0.6) is 5.75 Å². The van der Waals surface area contributed by atoms with E-state index in [1.165, 1.54) is 45.2 Å². The summed E-state index contributed by atoms with van der Waals surface area (Å²) < 4.78 is 6.32. The van der Waals surface area contributed by atoms with Crippen LogP contribution in [0.15, 0.2) is 24.3 Å². The lowest BCUT2D eigenvalue weighted by Crippen LogP contribution is -2.48. The Hall–Kier alpha value is -1.59. The number of carbonyl (C=O) groups is 1. The minimum absolute atomic E-state index is 0.194. The minimum Gasteiger partial charge on any atom is -0.490 e. The number of carbonyl (C=O) groups excluding carboxylic acids is 1. The second kappa shape index (κ2) is 8.27. The van der Waals surface area contributed by atoms with Gasteiger partial charge >= 0.3 is 0 Å². The van der Waals surface area contributed by atoms with E-state index in [4.69, 9.17) is 4.74 Å². The number of hydrogen-bond acceptors (Lipinski definition) is 4. The lowest BCUT2D eigenvalue weighted by Gasteiger charge is -2.41. The summed E-state index contributed by atoms with van der Waals surface area (Å²) in [6.45, 7) is 5.66. The van der Waals surface area contributed by atoms with Crippen molar-refractivity contribution in [2.45, 2.75) is 63.1 Å². The van der Waals surface area contributed by atoms with E-state index < -0.39 is 0 Å². The number of rotatable bonds is 4. The summed E-state index contributed by atoms with van der Waals surface area (Å²) in [6.07, 6.45) is 8.72. The lowest BCUT2D eigenvalue weighted by molar-refractivity contribution is 0.0524. The molecule has 1 aromatic rings. The molecule has 5 heteroatoms. The van der Waals surface area contributed by atoms with Crippen molar-refractivity contribution < 1.29 is 9.53 Å². The predicted molar refractivity (Wildman–Crippen MR) is 114 cm³/mol. The van der Waals surface area contributed by atoms with E-state index in [1.807, 2.05) is 24.3 Å². The largest absolute Gasteiger partial charge is 0.490 e. The molecular weight excluding hydrogens is 362 g/mol. The highest BCUT2D eigenvalue weighted by Crippen LogP contribution is 2.38. The fourth-order valence-corrected chi connectivity index (χ4v) is 5.95. The lowest BCUT2D eigenvalue weighted by atomic mass is 9.99. The summed E-state index contributed by atoms with van der Waals surface area (Å²) in [4.78, 5) is 20.2. The fourth-order valence-electron chi connectivity index (χ4n) is 5.95. The van der Waals surface area contributed by atoms with Gasteiger partial charge in [-0.2, -0.15) is 0 Å². The van der Waals surface area contributed by atoms with Crippen molar-refractivity contribution in [2.75, 3.05) is 39.8 Å². The number of nitrogens with zero attached hydrogens (tertiary/aromatic N) is 3. The van der Waals surface area contributed by atoms with Gasteiger partial charge in [-0.3, -0.25) is 4.79 Å². The smallest absolute Gasteiger partial charge is 0.254 e. The molecule has 1 amide bonds. The third kappa shape index (κ3) is 4.17. The third-order valence-corrected chi connectivity index (χ3v) is 7.73. The maximum absolute atomic E-state index is 13.0. The zero-order valence-electron chi connectivity index (χ0n) is 17.8. The first-order valence-corrected chi connectivity index (χ1v) is 11.7. The first kappa shape index (κ1) is 19.4. The second-order valence-corrected chi connectivity index (χ2v) is 9.71. The van der Waals surface area contributed by atoms with E-state index in [2.05, 4.69) is 21.7 Å². The molecule has 2 bridgehead atoms. The molecule has 3 saturated heterocycles. The molecule has 3 heterocycles. The fraction of sp³-hybridized carbons (Fsp3) is 0.708. The van der Waals surface area contributed by atoms with Crippen LogP contribution in [0.1, 0.15) is 55.3 Å². The molecule has 0 N–H and O–H groups in total. The summed E-state index contributed by atoms with van der Waals surface area (Å²) in [7, 11) is 2.23. The molecule has 0 spiro atoms. The highest BCUT2D eigenvalue weighted by Gasteiger charge is 2.40. The monoisotopic (exact) mass is 397 g/mol. The Kier molecular flexibility index (Phi) is 5.53. The molecule has 1 saturated carbocycles. The highest BCUT2D eigenvalue weighted by atomic mass is 16.5. The average Bonchev–Trinajstić information content (AvgIpc) is 3.38. The Balaban J connectivity index is 1.15. The van der Waals surface area contributed by atoms with Gasteiger partial charge in [0.2, 0.25) is 0 Å². The molecule has 1 aliphatic carbocycles. The van der Waals surface area contributed by atoms with Crippen LogP contribution in [0.25, 0.3) is 0 Å². The van der Waals surface area contributed by atoms with E-state index in [1.54, 1.807) is 0 Å². The molecule has 5 rings (SSSR count). The Morgan fingerprint density at radius 1 is 0.966 bits per heavy atom. The number of likely N-dealkylation sites (tertiary alicyclic amines) is 3. The summed E-state index contributed by atoms with van der Waals surface area (Å²) in [5.74, 6) is 1.79. The van der Waals surface area contributed by atoms with Crippen LogP contribution in [0.4, 0.5) is 0 Å². The van der Waals surface area contributed by atoms with Crippen LogP contribution in [0, 0.1) is 5.92 Å². The summed E-state index contributed by atoms with van der Waals surface area (Å²) in [5.41, 5.74) is 0.791. The van der Waals surface area contributed by atoms with Crippen LogP contribution in [-0.4, -0.2) is 78.6 Å². The van der Waals surface area contributed by atoms with E-state index in [0.717, 1.165) is 55.7 Å². The van der Waals surface area contributed by atoms with Gasteiger partial charge in [0.1, 0.15) is 11.9 Å². The molecule has 0 unspecified atom stereocenters. The van der Waals surface area contributed by atoms with Gasteiger partial charge in [0.15, 0.2) is 0 Å². The van der Waals surface area contributed by atoms with Gasteiger partial charge in [-0.15, -0.1) is 0 Å². The Morgan fingerprint density at radius 3 is 2.45 bits per heavy atom. The molecular formula is C24H35N3O2. The topological polar surface area (TPSA) is 36.0 Å². The number of ether oxygens (including phenoxy) is 1. The van der Waals surface area contributed by atoms with Gasteiger partial charge < -0.3 is 19.4 Å². The number of fused-ring (bicyclic) bond motifs is 2.